The van der Waals surface area contributed by atoms with E-state index in [4.69, 9.17) is 9.47 Å². The molecule has 244 valence electrons. The number of hydrogen-bond acceptors (Lipinski definition) is 10. The summed E-state index contributed by atoms with van der Waals surface area (Å²) in [4.78, 5) is 37.1. The number of anilines is 1. The first-order valence-electron chi connectivity index (χ1n) is 14.3. The van der Waals surface area contributed by atoms with Gasteiger partial charge in [0, 0.05) is 35.4 Å². The number of nitrogens with one attached hydrogen (secondary N) is 1. The molecule has 45 heavy (non-hydrogen) atoms. The zero-order valence-corrected chi connectivity index (χ0v) is 27.4. The Morgan fingerprint density at radius 1 is 1.09 bits per heavy atom. The van der Waals surface area contributed by atoms with Crippen LogP contribution in [0.5, 0.6) is 5.88 Å². The molecule has 2 atom stereocenters. The average molecular weight is 645 g/mol. The van der Waals surface area contributed by atoms with Crippen LogP contribution in [0.2, 0.25) is 0 Å². The van der Waals surface area contributed by atoms with E-state index in [9.17, 15) is 33.2 Å². The van der Waals surface area contributed by atoms with Gasteiger partial charge in [0.05, 0.1) is 18.0 Å². The second kappa shape index (κ2) is 16.0. The zero-order chi connectivity index (χ0) is 34.1. The highest BCUT2D eigenvalue weighted by Gasteiger charge is 2.30. The molecular weight excluding hydrogens is 602 g/mol. The van der Waals surface area contributed by atoms with Gasteiger partial charge in [0.25, 0.3) is 5.56 Å². The first-order chi connectivity index (χ1) is 21.0. The smallest absolute Gasteiger partial charge is 0.333 e. The minimum Gasteiger partial charge on any atom is -0.493 e. The maximum absolute atomic E-state index is 13.7. The van der Waals surface area contributed by atoms with Gasteiger partial charge in [0.2, 0.25) is 15.9 Å². The fourth-order valence-electron chi connectivity index (χ4n) is 4.17. The fourth-order valence-corrected chi connectivity index (χ4v) is 5.76. The van der Waals surface area contributed by atoms with Crippen molar-refractivity contribution in [2.45, 2.75) is 78.0 Å². The number of quaternary nitrogens is 1. The lowest BCUT2D eigenvalue weighted by Crippen LogP contribution is -2.83. The van der Waals surface area contributed by atoms with Gasteiger partial charge in [0.1, 0.15) is 23.8 Å². The standard InChI is InChI=1S/C31H41N5O8S/c1-9-10-15-36-28(37)26(16-32)23(8)27(29(36)38)34-33-24-11-13-25(14-12-24)45(41,42)35(17-21(6)43-30(39)19(2)3)18-22(7)44-31(40)20(4)5/h11-14,21-22,33-34,37H,2,4,9-10,15,17-18H2,1,3,5-8H3/p+1. The van der Waals surface area contributed by atoms with Gasteiger partial charge in [-0.3, -0.25) is 9.36 Å². The monoisotopic (exact) mass is 644 g/mol. The molecule has 0 aliphatic carbocycles. The quantitative estimate of drug-likeness (QED) is 0.0807. The molecule has 0 aliphatic rings. The molecule has 2 unspecified atom stereocenters. The number of ether oxygens (including phenoxy) is 2. The van der Waals surface area contributed by atoms with Crippen molar-refractivity contribution in [1.82, 2.24) is 8.87 Å². The van der Waals surface area contributed by atoms with E-state index in [-0.39, 0.29) is 58.4 Å². The van der Waals surface area contributed by atoms with Gasteiger partial charge in [-0.05, 0) is 53.2 Å². The molecule has 0 bridgehead atoms. The first kappa shape index (κ1) is 36.7. The molecule has 2 rings (SSSR count). The van der Waals surface area contributed by atoms with Crippen molar-refractivity contribution >= 4 is 33.3 Å². The van der Waals surface area contributed by atoms with Crippen LogP contribution in [0.3, 0.4) is 0 Å². The molecule has 14 heteroatoms. The highest BCUT2D eigenvalue weighted by Crippen LogP contribution is 2.24. The van der Waals surface area contributed by atoms with E-state index in [1.165, 1.54) is 57.4 Å². The van der Waals surface area contributed by atoms with Crippen molar-refractivity contribution in [2.75, 3.05) is 18.5 Å². The van der Waals surface area contributed by atoms with Crippen LogP contribution in [0.4, 0.5) is 11.4 Å². The van der Waals surface area contributed by atoms with Crippen molar-refractivity contribution < 1.29 is 38.0 Å². The number of nitrogens with two attached hydrogens (primary N) is 1. The Hall–Kier alpha value is -4.45. The van der Waals surface area contributed by atoms with Crippen LogP contribution < -0.4 is 16.4 Å². The number of pyridine rings is 1. The van der Waals surface area contributed by atoms with Crippen LogP contribution in [-0.4, -0.2) is 59.6 Å². The molecule has 4 N–H and O–H groups in total. The van der Waals surface area contributed by atoms with Crippen LogP contribution in [0.15, 0.2) is 58.3 Å². The van der Waals surface area contributed by atoms with E-state index in [2.05, 4.69) is 18.6 Å². The molecule has 1 aromatic carbocycles. The van der Waals surface area contributed by atoms with Gasteiger partial charge in [0.15, 0.2) is 11.4 Å². The number of rotatable bonds is 16. The molecule has 13 nitrogen and oxygen atoms in total. The summed E-state index contributed by atoms with van der Waals surface area (Å²) in [7, 11) is -4.17. The Morgan fingerprint density at radius 2 is 1.60 bits per heavy atom. The van der Waals surface area contributed by atoms with Crippen LogP contribution in [0.1, 0.15) is 58.6 Å². The third-order valence-electron chi connectivity index (χ3n) is 6.67. The number of esters is 2. The fraction of sp³-hybridized carbons (Fsp3) is 0.419. The van der Waals surface area contributed by atoms with E-state index in [1.54, 1.807) is 6.92 Å². The van der Waals surface area contributed by atoms with Crippen LogP contribution in [-0.2, 0) is 35.6 Å². The van der Waals surface area contributed by atoms with Gasteiger partial charge in [-0.25, -0.2) is 28.9 Å². The normalized spacial score (nSPS) is 12.6. The second-order valence-corrected chi connectivity index (χ2v) is 12.7. The summed E-state index contributed by atoms with van der Waals surface area (Å²) in [5.74, 6) is -1.72. The summed E-state index contributed by atoms with van der Waals surface area (Å²) in [6.07, 6.45) is -0.293. The summed E-state index contributed by atoms with van der Waals surface area (Å²) in [6, 6.07) is 7.72. The molecule has 1 heterocycles. The van der Waals surface area contributed by atoms with Gasteiger partial charge >= 0.3 is 11.9 Å². The number of hydrogen-bond donors (Lipinski definition) is 3. The molecule has 1 aromatic heterocycles. The number of sulfonamides is 1. The van der Waals surface area contributed by atoms with Gasteiger partial charge in [-0.2, -0.15) is 9.57 Å². The lowest BCUT2D eigenvalue weighted by molar-refractivity contribution is -0.538. The molecule has 0 spiro atoms. The minimum absolute atomic E-state index is 0.0190. The largest absolute Gasteiger partial charge is 0.493 e. The number of nitrogen functional groups attached to an aromatic ring is 1. The molecule has 2 aromatic rings. The predicted octanol–water partition coefficient (Wildman–Crippen LogP) is 2.76. The molecule has 0 radical (unpaired) electrons. The molecule has 0 fully saturated rings. The summed E-state index contributed by atoms with van der Waals surface area (Å²) in [6.45, 7) is 16.4. The number of aromatic nitrogens is 1. The highest BCUT2D eigenvalue weighted by molar-refractivity contribution is 7.89. The summed E-state index contributed by atoms with van der Waals surface area (Å²) in [5.41, 5.74) is 5.10. The number of benzene rings is 1. The molecule has 0 amide bonds. The van der Waals surface area contributed by atoms with Crippen molar-refractivity contribution in [1.29, 1.82) is 5.26 Å². The van der Waals surface area contributed by atoms with Crippen molar-refractivity contribution in [3.8, 4) is 11.9 Å². The molecule has 0 aliphatic heterocycles. The van der Waals surface area contributed by atoms with E-state index in [1.807, 2.05) is 13.0 Å². The third-order valence-corrected chi connectivity index (χ3v) is 8.52. The molecule has 0 saturated heterocycles. The van der Waals surface area contributed by atoms with Crippen LogP contribution >= 0.6 is 0 Å². The van der Waals surface area contributed by atoms with Crippen molar-refractivity contribution in [3.63, 3.8) is 0 Å². The Labute approximate surface area is 263 Å². The minimum atomic E-state index is -4.17. The number of nitrogens with zero attached hydrogens (tertiary/aromatic N) is 3. The second-order valence-electron chi connectivity index (χ2n) is 10.8. The number of carbonyl (C=O) groups is 2. The third kappa shape index (κ3) is 9.52. The molecule has 0 saturated carbocycles. The van der Waals surface area contributed by atoms with Gasteiger partial charge in [-0.1, -0.05) is 26.5 Å². The zero-order valence-electron chi connectivity index (χ0n) is 26.5. The first-order valence-corrected chi connectivity index (χ1v) is 15.8. The van der Waals surface area contributed by atoms with Crippen molar-refractivity contribution in [2.24, 2.45) is 0 Å². The predicted molar refractivity (Wildman–Crippen MR) is 168 cm³/mol. The van der Waals surface area contributed by atoms with E-state index >= 15 is 0 Å². The number of nitriles is 1. The number of carbonyl (C=O) groups excluding carboxylic acids is 2. The van der Waals surface area contributed by atoms with Crippen molar-refractivity contribution in [3.05, 3.63) is 70.1 Å². The average Bonchev–Trinajstić information content (AvgIpc) is 2.96. The summed E-state index contributed by atoms with van der Waals surface area (Å²) in [5, 5.41) is 20.0. The van der Waals surface area contributed by atoms with E-state index in [0.29, 0.717) is 12.1 Å². The summed E-state index contributed by atoms with van der Waals surface area (Å²) >= 11 is 0. The highest BCUT2D eigenvalue weighted by atomic mass is 32.2. The Bertz CT molecular complexity index is 1610. The molecular formula is C31H42N5O8S+. The Balaban J connectivity index is 2.34. The van der Waals surface area contributed by atoms with Crippen LogP contribution in [0, 0.1) is 18.3 Å². The Kier molecular flexibility index (Phi) is 13.1. The maximum Gasteiger partial charge on any atom is 0.333 e. The topological polar surface area (TPSA) is 185 Å². The van der Waals surface area contributed by atoms with Crippen LogP contribution in [0.25, 0.3) is 0 Å². The Morgan fingerprint density at radius 3 is 2.04 bits per heavy atom. The van der Waals surface area contributed by atoms with Gasteiger partial charge < -0.3 is 14.6 Å². The number of aromatic hydroxyl groups is 1. The lowest BCUT2D eigenvalue weighted by atomic mass is 10.1. The lowest BCUT2D eigenvalue weighted by Gasteiger charge is -2.27. The summed E-state index contributed by atoms with van der Waals surface area (Å²) < 4.78 is 40.3. The SMILES string of the molecule is C=C(C)C(=O)OC(C)CN(CC(C)OC(=O)C(=C)C)S(=O)(=O)c1ccc([NH2+]Nc2c(C)c(C#N)c(O)n(CCCC)c2=O)cc1. The maximum atomic E-state index is 13.7. The van der Waals surface area contributed by atoms with E-state index < -0.39 is 39.7 Å². The van der Waals surface area contributed by atoms with Gasteiger partial charge in [-0.15, -0.1) is 0 Å². The number of unbranched alkanes of at least 4 members (excludes halogenated alkanes) is 1. The van der Waals surface area contributed by atoms with E-state index in [0.717, 1.165) is 15.3 Å².